The molecule has 3 aromatic rings. The van der Waals surface area contributed by atoms with Gasteiger partial charge in [0.15, 0.2) is 5.76 Å². The van der Waals surface area contributed by atoms with Crippen LogP contribution in [0.4, 0.5) is 0 Å². The van der Waals surface area contributed by atoms with E-state index in [1.165, 1.54) is 0 Å². The number of likely N-dealkylation sites (tertiary alicyclic amines) is 1. The van der Waals surface area contributed by atoms with Crippen molar-refractivity contribution >= 4 is 11.8 Å². The summed E-state index contributed by atoms with van der Waals surface area (Å²) in [6.07, 6.45) is 3.15. The molecule has 28 heavy (non-hydrogen) atoms. The summed E-state index contributed by atoms with van der Waals surface area (Å²) in [5, 5.41) is 0. The third-order valence-corrected chi connectivity index (χ3v) is 5.06. The van der Waals surface area contributed by atoms with Crippen molar-refractivity contribution < 1.29 is 14.0 Å². The Morgan fingerprint density at radius 2 is 1.82 bits per heavy atom. The molecule has 0 aliphatic carbocycles. The maximum atomic E-state index is 13.1. The molecule has 0 spiro atoms. The zero-order valence-electron chi connectivity index (χ0n) is 15.4. The van der Waals surface area contributed by atoms with Crippen LogP contribution in [0.3, 0.4) is 0 Å². The average Bonchev–Trinajstić information content (AvgIpc) is 3.24. The van der Waals surface area contributed by atoms with Crippen molar-refractivity contribution in [1.82, 2.24) is 9.88 Å². The first-order valence-corrected chi connectivity index (χ1v) is 9.32. The molecule has 1 saturated heterocycles. The second-order valence-electron chi connectivity index (χ2n) is 6.93. The van der Waals surface area contributed by atoms with Crippen molar-refractivity contribution in [2.24, 2.45) is 11.7 Å². The second-order valence-corrected chi connectivity index (χ2v) is 6.93. The van der Waals surface area contributed by atoms with Crippen LogP contribution in [-0.2, 0) is 4.79 Å². The summed E-state index contributed by atoms with van der Waals surface area (Å²) in [4.78, 5) is 30.8. The van der Waals surface area contributed by atoms with Crippen LogP contribution in [0, 0.1) is 5.92 Å². The van der Waals surface area contributed by atoms with Gasteiger partial charge in [-0.3, -0.25) is 9.59 Å². The number of primary amides is 1. The van der Waals surface area contributed by atoms with Gasteiger partial charge in [0, 0.05) is 24.2 Å². The maximum absolute atomic E-state index is 13.1. The molecular formula is C22H21N3O3. The molecule has 6 heteroatoms. The summed E-state index contributed by atoms with van der Waals surface area (Å²) in [7, 11) is 0. The summed E-state index contributed by atoms with van der Waals surface area (Å²) < 4.78 is 5.94. The lowest BCUT2D eigenvalue weighted by Gasteiger charge is -2.31. The van der Waals surface area contributed by atoms with Gasteiger partial charge in [-0.15, -0.1) is 0 Å². The van der Waals surface area contributed by atoms with Crippen LogP contribution in [0.5, 0.6) is 0 Å². The Labute approximate surface area is 163 Å². The van der Waals surface area contributed by atoms with Crippen LogP contribution >= 0.6 is 0 Å². The number of piperidine rings is 1. The fraction of sp³-hybridized carbons (Fsp3) is 0.227. The number of aromatic nitrogens is 1. The lowest BCUT2D eigenvalue weighted by molar-refractivity contribution is -0.123. The van der Waals surface area contributed by atoms with Crippen molar-refractivity contribution in [3.8, 4) is 22.8 Å². The monoisotopic (exact) mass is 375 g/mol. The Hall–Kier alpha value is -3.41. The molecule has 1 atom stereocenters. The van der Waals surface area contributed by atoms with Crippen molar-refractivity contribution in [1.29, 1.82) is 0 Å². The number of oxazole rings is 1. The zero-order valence-corrected chi connectivity index (χ0v) is 15.4. The van der Waals surface area contributed by atoms with E-state index in [1.54, 1.807) is 17.2 Å². The van der Waals surface area contributed by atoms with Crippen LogP contribution < -0.4 is 5.73 Å². The van der Waals surface area contributed by atoms with E-state index >= 15 is 0 Å². The highest BCUT2D eigenvalue weighted by atomic mass is 16.4. The van der Waals surface area contributed by atoms with Gasteiger partial charge in [-0.25, -0.2) is 4.98 Å². The smallest absolute Gasteiger partial charge is 0.254 e. The molecule has 1 aliphatic rings. The van der Waals surface area contributed by atoms with Gasteiger partial charge < -0.3 is 15.1 Å². The molecule has 6 nitrogen and oxygen atoms in total. The SMILES string of the molecule is NC(=O)C1CCCN(C(=O)c2ccccc2-c2ncc(-c3ccccc3)o2)C1. The predicted molar refractivity (Wildman–Crippen MR) is 105 cm³/mol. The van der Waals surface area contributed by atoms with E-state index < -0.39 is 0 Å². The Morgan fingerprint density at radius 1 is 1.07 bits per heavy atom. The van der Waals surface area contributed by atoms with Crippen molar-refractivity contribution in [3.63, 3.8) is 0 Å². The molecule has 1 aromatic heterocycles. The van der Waals surface area contributed by atoms with E-state index in [1.807, 2.05) is 48.5 Å². The molecule has 0 saturated carbocycles. The van der Waals surface area contributed by atoms with Gasteiger partial charge in [0.05, 0.1) is 17.7 Å². The molecule has 2 aromatic carbocycles. The number of nitrogens with zero attached hydrogens (tertiary/aromatic N) is 2. The number of rotatable bonds is 4. The van der Waals surface area contributed by atoms with Crippen LogP contribution in [0.2, 0.25) is 0 Å². The number of hydrogen-bond donors (Lipinski definition) is 1. The number of hydrogen-bond acceptors (Lipinski definition) is 4. The van der Waals surface area contributed by atoms with E-state index in [2.05, 4.69) is 4.98 Å². The van der Waals surface area contributed by atoms with Crippen molar-refractivity contribution in [3.05, 3.63) is 66.4 Å². The quantitative estimate of drug-likeness (QED) is 0.757. The summed E-state index contributed by atoms with van der Waals surface area (Å²) >= 11 is 0. The number of carbonyl (C=O) groups is 2. The molecule has 2 N–H and O–H groups in total. The third-order valence-electron chi connectivity index (χ3n) is 5.06. The zero-order chi connectivity index (χ0) is 19.5. The van der Waals surface area contributed by atoms with Crippen LogP contribution in [0.1, 0.15) is 23.2 Å². The minimum Gasteiger partial charge on any atom is -0.436 e. The van der Waals surface area contributed by atoms with Gasteiger partial charge in [0.2, 0.25) is 11.8 Å². The first-order valence-electron chi connectivity index (χ1n) is 9.32. The van der Waals surface area contributed by atoms with Gasteiger partial charge in [-0.2, -0.15) is 0 Å². The molecule has 0 bridgehead atoms. The molecule has 142 valence electrons. The van der Waals surface area contributed by atoms with E-state index in [4.69, 9.17) is 10.2 Å². The second kappa shape index (κ2) is 7.68. The van der Waals surface area contributed by atoms with Crippen molar-refractivity contribution in [2.75, 3.05) is 13.1 Å². The summed E-state index contributed by atoms with van der Waals surface area (Å²) in [6.45, 7) is 0.959. The summed E-state index contributed by atoms with van der Waals surface area (Å²) in [5.74, 6) is 0.249. The van der Waals surface area contributed by atoms with Gasteiger partial charge in [-0.05, 0) is 25.0 Å². The van der Waals surface area contributed by atoms with Crippen LogP contribution in [0.25, 0.3) is 22.8 Å². The van der Waals surface area contributed by atoms with Gasteiger partial charge >= 0.3 is 0 Å². The van der Waals surface area contributed by atoms with Crippen LogP contribution in [-0.4, -0.2) is 34.8 Å². The van der Waals surface area contributed by atoms with E-state index in [0.29, 0.717) is 35.9 Å². The Balaban J connectivity index is 1.63. The number of carbonyl (C=O) groups excluding carboxylic acids is 2. The fourth-order valence-electron chi connectivity index (χ4n) is 3.55. The molecule has 1 aliphatic heterocycles. The maximum Gasteiger partial charge on any atom is 0.254 e. The lowest BCUT2D eigenvalue weighted by atomic mass is 9.96. The minimum absolute atomic E-state index is 0.138. The lowest BCUT2D eigenvalue weighted by Crippen LogP contribution is -2.44. The van der Waals surface area contributed by atoms with Gasteiger partial charge in [0.1, 0.15) is 0 Å². The highest BCUT2D eigenvalue weighted by Crippen LogP contribution is 2.29. The first kappa shape index (κ1) is 18.0. The molecule has 1 fully saturated rings. The number of benzene rings is 2. The Morgan fingerprint density at radius 3 is 2.61 bits per heavy atom. The summed E-state index contributed by atoms with van der Waals surface area (Å²) in [6, 6.07) is 16.9. The van der Waals surface area contributed by atoms with Gasteiger partial charge in [-0.1, -0.05) is 42.5 Å². The standard InChI is InChI=1S/C22H21N3O3/c23-20(26)16-9-6-12-25(14-16)22(27)18-11-5-4-10-17(18)21-24-13-19(28-21)15-7-2-1-3-8-15/h1-5,7-8,10-11,13,16H,6,9,12,14H2,(H2,23,26). The molecule has 2 heterocycles. The highest BCUT2D eigenvalue weighted by Gasteiger charge is 2.29. The fourth-order valence-corrected chi connectivity index (χ4v) is 3.55. The predicted octanol–water partition coefficient (Wildman–Crippen LogP) is 3.35. The van der Waals surface area contributed by atoms with Crippen LogP contribution in [0.15, 0.2) is 65.2 Å². The topological polar surface area (TPSA) is 89.4 Å². The van der Waals surface area contributed by atoms with E-state index in [9.17, 15) is 9.59 Å². The Bertz CT molecular complexity index is 997. The average molecular weight is 375 g/mol. The largest absolute Gasteiger partial charge is 0.436 e. The summed E-state index contributed by atoms with van der Waals surface area (Å²) in [5.41, 5.74) is 7.51. The molecular weight excluding hydrogens is 354 g/mol. The molecule has 1 unspecified atom stereocenters. The normalized spacial score (nSPS) is 16.7. The Kier molecular flexibility index (Phi) is 4.93. The highest BCUT2D eigenvalue weighted by molar-refractivity contribution is 6.00. The molecule has 0 radical (unpaired) electrons. The first-order chi connectivity index (χ1) is 13.6. The van der Waals surface area contributed by atoms with E-state index in [0.717, 1.165) is 18.4 Å². The molecule has 2 amide bonds. The number of amides is 2. The van der Waals surface area contributed by atoms with E-state index in [-0.39, 0.29) is 17.7 Å². The van der Waals surface area contributed by atoms with Crippen molar-refractivity contribution in [2.45, 2.75) is 12.8 Å². The number of nitrogens with two attached hydrogens (primary N) is 1. The molecule has 4 rings (SSSR count). The minimum atomic E-state index is -0.356. The third kappa shape index (κ3) is 3.53. The van der Waals surface area contributed by atoms with Gasteiger partial charge in [0.25, 0.3) is 5.91 Å².